The molecule has 0 aliphatic rings. The highest BCUT2D eigenvalue weighted by atomic mass is 32.1. The summed E-state index contributed by atoms with van der Waals surface area (Å²) in [6, 6.07) is 7.47. The molecule has 7 nitrogen and oxygen atoms in total. The van der Waals surface area contributed by atoms with Crippen LogP contribution in [-0.2, 0) is 11.3 Å². The van der Waals surface area contributed by atoms with Gasteiger partial charge in [-0.25, -0.2) is 4.98 Å². The van der Waals surface area contributed by atoms with Crippen molar-refractivity contribution in [3.63, 3.8) is 0 Å². The molecule has 1 aromatic carbocycles. The molecule has 0 unspecified atom stereocenters. The van der Waals surface area contributed by atoms with Gasteiger partial charge in [-0.3, -0.25) is 9.36 Å². The van der Waals surface area contributed by atoms with E-state index in [1.54, 1.807) is 18.8 Å². The molecule has 3 aromatic rings. The maximum atomic E-state index is 12.3. The van der Waals surface area contributed by atoms with E-state index in [1.165, 1.54) is 11.3 Å². The Morgan fingerprint density at radius 2 is 2.30 bits per heavy atom. The Morgan fingerprint density at radius 1 is 1.43 bits per heavy atom. The number of anilines is 1. The van der Waals surface area contributed by atoms with Crippen LogP contribution in [0.2, 0.25) is 0 Å². The molecule has 0 bridgehead atoms. The molecule has 1 amide bonds. The van der Waals surface area contributed by atoms with Crippen LogP contribution in [0, 0.1) is 6.92 Å². The summed E-state index contributed by atoms with van der Waals surface area (Å²) in [6.07, 6.45) is 1.63. The molecule has 0 spiro atoms. The van der Waals surface area contributed by atoms with E-state index in [0.717, 1.165) is 16.5 Å². The number of aryl methyl sites for hydroxylation is 1. The summed E-state index contributed by atoms with van der Waals surface area (Å²) in [4.78, 5) is 16.5. The van der Waals surface area contributed by atoms with Crippen LogP contribution in [0.5, 0.6) is 0 Å². The van der Waals surface area contributed by atoms with Gasteiger partial charge in [-0.15, -0.1) is 21.5 Å². The van der Waals surface area contributed by atoms with E-state index in [4.69, 9.17) is 4.74 Å². The second-order valence-electron chi connectivity index (χ2n) is 4.81. The summed E-state index contributed by atoms with van der Waals surface area (Å²) in [5.41, 5.74) is 1.94. The molecule has 3 rings (SSSR count). The molecule has 0 aliphatic carbocycles. The van der Waals surface area contributed by atoms with E-state index in [-0.39, 0.29) is 5.91 Å². The summed E-state index contributed by atoms with van der Waals surface area (Å²) in [6.45, 7) is 2.27. The van der Waals surface area contributed by atoms with Gasteiger partial charge in [0.25, 0.3) is 5.91 Å². The van der Waals surface area contributed by atoms with Gasteiger partial charge in [0.05, 0.1) is 12.3 Å². The van der Waals surface area contributed by atoms with Gasteiger partial charge in [-0.2, -0.15) is 0 Å². The fraction of sp³-hybridized carbons (Fsp3) is 0.200. The van der Waals surface area contributed by atoms with Crippen molar-refractivity contribution >= 4 is 22.9 Å². The third-order valence-electron chi connectivity index (χ3n) is 3.15. The lowest BCUT2D eigenvalue weighted by molar-refractivity contribution is 0.102. The first-order chi connectivity index (χ1) is 11.2. The molecule has 0 aliphatic heterocycles. The van der Waals surface area contributed by atoms with E-state index in [0.29, 0.717) is 18.0 Å². The Bertz CT molecular complexity index is 827. The molecular formula is C15H15N5O2S. The van der Waals surface area contributed by atoms with E-state index < -0.39 is 0 Å². The zero-order chi connectivity index (χ0) is 16.2. The third-order valence-corrected chi connectivity index (χ3v) is 3.97. The molecule has 23 heavy (non-hydrogen) atoms. The normalized spacial score (nSPS) is 10.7. The number of amides is 1. The number of nitrogens with one attached hydrogen (secondary N) is 1. The van der Waals surface area contributed by atoms with Crippen LogP contribution in [0.1, 0.15) is 21.3 Å². The van der Waals surface area contributed by atoms with E-state index in [2.05, 4.69) is 20.5 Å². The molecule has 2 heterocycles. The van der Waals surface area contributed by atoms with Crippen LogP contribution in [0.4, 0.5) is 5.69 Å². The van der Waals surface area contributed by atoms with Crippen LogP contribution >= 0.6 is 11.3 Å². The van der Waals surface area contributed by atoms with Crippen LogP contribution in [0.15, 0.2) is 36.0 Å². The Labute approximate surface area is 137 Å². The average Bonchev–Trinajstić information content (AvgIpc) is 3.17. The smallest absolute Gasteiger partial charge is 0.275 e. The standard InChI is InChI=1S/C15H15N5O2S/c1-10-19-16-9-20(10)12-5-3-4-11(6-12)17-15(21)13-8-23-14(18-13)7-22-2/h3-6,8-9H,7H2,1-2H3,(H,17,21). The quantitative estimate of drug-likeness (QED) is 0.777. The monoisotopic (exact) mass is 329 g/mol. The summed E-state index contributed by atoms with van der Waals surface area (Å²) in [7, 11) is 1.60. The van der Waals surface area contributed by atoms with Crippen molar-refractivity contribution in [2.45, 2.75) is 13.5 Å². The van der Waals surface area contributed by atoms with Gasteiger partial charge in [0, 0.05) is 18.2 Å². The van der Waals surface area contributed by atoms with Crippen molar-refractivity contribution in [2.24, 2.45) is 0 Å². The predicted octanol–water partition coefficient (Wildman–Crippen LogP) is 2.43. The number of aromatic nitrogens is 4. The molecule has 0 saturated heterocycles. The van der Waals surface area contributed by atoms with Gasteiger partial charge in [0.2, 0.25) is 0 Å². The lowest BCUT2D eigenvalue weighted by Gasteiger charge is -2.07. The number of benzene rings is 1. The lowest BCUT2D eigenvalue weighted by Crippen LogP contribution is -2.12. The summed E-state index contributed by atoms with van der Waals surface area (Å²) in [5.74, 6) is 0.526. The SMILES string of the molecule is COCc1nc(C(=O)Nc2cccc(-n3cnnc3C)c2)cs1. The number of hydrogen-bond donors (Lipinski definition) is 1. The molecule has 0 saturated carbocycles. The zero-order valence-corrected chi connectivity index (χ0v) is 13.5. The third kappa shape index (κ3) is 3.43. The van der Waals surface area contributed by atoms with E-state index in [1.807, 2.05) is 35.8 Å². The number of carbonyl (C=O) groups is 1. The molecule has 2 aromatic heterocycles. The van der Waals surface area contributed by atoms with Crippen LogP contribution in [0.25, 0.3) is 5.69 Å². The van der Waals surface area contributed by atoms with E-state index in [9.17, 15) is 4.79 Å². The van der Waals surface area contributed by atoms with Crippen LogP contribution < -0.4 is 5.32 Å². The first-order valence-corrected chi connectivity index (χ1v) is 7.77. The highest BCUT2D eigenvalue weighted by Gasteiger charge is 2.11. The minimum absolute atomic E-state index is 0.249. The first kappa shape index (κ1) is 15.3. The molecule has 0 fully saturated rings. The summed E-state index contributed by atoms with van der Waals surface area (Å²) >= 11 is 1.40. The Morgan fingerprint density at radius 3 is 3.04 bits per heavy atom. The minimum atomic E-state index is -0.249. The topological polar surface area (TPSA) is 81.9 Å². The number of nitrogens with zero attached hydrogens (tertiary/aromatic N) is 4. The zero-order valence-electron chi connectivity index (χ0n) is 12.7. The molecule has 0 atom stereocenters. The highest BCUT2D eigenvalue weighted by Crippen LogP contribution is 2.17. The van der Waals surface area contributed by atoms with Crippen molar-refractivity contribution < 1.29 is 9.53 Å². The lowest BCUT2D eigenvalue weighted by atomic mass is 10.2. The molecular weight excluding hydrogens is 314 g/mol. The fourth-order valence-electron chi connectivity index (χ4n) is 2.08. The van der Waals surface area contributed by atoms with Crippen molar-refractivity contribution in [3.8, 4) is 5.69 Å². The number of hydrogen-bond acceptors (Lipinski definition) is 6. The second-order valence-corrected chi connectivity index (χ2v) is 5.75. The minimum Gasteiger partial charge on any atom is -0.378 e. The van der Waals surface area contributed by atoms with Gasteiger partial charge in [-0.1, -0.05) is 6.07 Å². The number of rotatable bonds is 5. The Balaban J connectivity index is 1.77. The maximum Gasteiger partial charge on any atom is 0.275 e. The largest absolute Gasteiger partial charge is 0.378 e. The molecule has 0 radical (unpaired) electrons. The molecule has 1 N–H and O–H groups in total. The van der Waals surface area contributed by atoms with Crippen molar-refractivity contribution in [2.75, 3.05) is 12.4 Å². The predicted molar refractivity (Wildman–Crippen MR) is 86.9 cm³/mol. The number of thiazole rings is 1. The number of methoxy groups -OCH3 is 1. The van der Waals surface area contributed by atoms with Crippen molar-refractivity contribution in [3.05, 3.63) is 52.5 Å². The van der Waals surface area contributed by atoms with Crippen LogP contribution in [0.3, 0.4) is 0 Å². The Hall–Kier alpha value is -2.58. The van der Waals surface area contributed by atoms with Gasteiger partial charge in [0.15, 0.2) is 0 Å². The number of ether oxygens (including phenoxy) is 1. The molecule has 118 valence electrons. The van der Waals surface area contributed by atoms with Crippen molar-refractivity contribution in [1.82, 2.24) is 19.7 Å². The van der Waals surface area contributed by atoms with E-state index >= 15 is 0 Å². The van der Waals surface area contributed by atoms with Crippen molar-refractivity contribution in [1.29, 1.82) is 0 Å². The van der Waals surface area contributed by atoms with Gasteiger partial charge in [0.1, 0.15) is 22.9 Å². The summed E-state index contributed by atoms with van der Waals surface area (Å²) < 4.78 is 6.85. The summed E-state index contributed by atoms with van der Waals surface area (Å²) in [5, 5.41) is 13.2. The fourth-order valence-corrected chi connectivity index (χ4v) is 2.82. The average molecular weight is 329 g/mol. The number of carbonyl (C=O) groups excluding carboxylic acids is 1. The maximum absolute atomic E-state index is 12.3. The second kappa shape index (κ2) is 6.67. The first-order valence-electron chi connectivity index (χ1n) is 6.89. The van der Waals surface area contributed by atoms with Gasteiger partial charge < -0.3 is 10.1 Å². The van der Waals surface area contributed by atoms with Gasteiger partial charge >= 0.3 is 0 Å². The van der Waals surface area contributed by atoms with Gasteiger partial charge in [-0.05, 0) is 25.1 Å². The molecule has 8 heteroatoms. The van der Waals surface area contributed by atoms with Crippen LogP contribution in [-0.4, -0.2) is 32.8 Å². The Kier molecular flexibility index (Phi) is 4.45. The highest BCUT2D eigenvalue weighted by molar-refractivity contribution is 7.09.